The van der Waals surface area contributed by atoms with Crippen molar-refractivity contribution in [3.63, 3.8) is 0 Å². The van der Waals surface area contributed by atoms with Crippen molar-refractivity contribution >= 4 is 17.5 Å². The lowest BCUT2D eigenvalue weighted by molar-refractivity contribution is -0.246. The molecule has 7 atom stereocenters. The molecule has 0 spiro atoms. The second-order valence-corrected chi connectivity index (χ2v) is 9.00. The average molecular weight is 444 g/mol. The van der Waals surface area contributed by atoms with Gasteiger partial charge >= 0.3 is 5.97 Å². The normalized spacial score (nSPS) is 39.4. The number of phenolic OH excluding ortho intramolecular Hbond substituents is 2. The van der Waals surface area contributed by atoms with Crippen molar-refractivity contribution in [3.8, 4) is 11.5 Å². The highest BCUT2D eigenvalue weighted by Crippen LogP contribution is 2.59. The number of ether oxygens (including phenoxy) is 3. The fourth-order valence-corrected chi connectivity index (χ4v) is 5.95. The Kier molecular flexibility index (Phi) is 3.70. The molecule has 4 N–H and O–H groups in total. The third-order valence-corrected chi connectivity index (χ3v) is 7.41. The Balaban J connectivity index is 1.64. The molecule has 2 bridgehead atoms. The first-order valence-electron chi connectivity index (χ1n) is 10.4. The lowest BCUT2D eigenvalue weighted by Crippen LogP contribution is -2.58. The third kappa shape index (κ3) is 2.06. The topological polar surface area (TPSA) is 160 Å². The molecule has 1 aromatic carbocycles. The minimum atomic E-state index is -2.08. The highest BCUT2D eigenvalue weighted by molar-refractivity contribution is 6.30. The van der Waals surface area contributed by atoms with Crippen molar-refractivity contribution in [2.75, 3.05) is 0 Å². The van der Waals surface area contributed by atoms with Gasteiger partial charge in [0.2, 0.25) is 0 Å². The molecule has 2 fully saturated rings. The lowest BCUT2D eigenvalue weighted by Gasteiger charge is -2.52. The molecule has 10 nitrogen and oxygen atoms in total. The maximum Gasteiger partial charge on any atom is 0.309 e. The maximum absolute atomic E-state index is 13.6. The van der Waals surface area contributed by atoms with E-state index in [0.29, 0.717) is 0 Å². The molecular formula is C22H20O10. The number of hydrogen-bond donors (Lipinski definition) is 4. The zero-order valence-corrected chi connectivity index (χ0v) is 17.1. The number of Topliss-reactive ketones (excluding diaryl/α,β-unsaturated/α-hetero) is 2. The molecule has 4 aliphatic heterocycles. The first-order chi connectivity index (χ1) is 15.1. The highest BCUT2D eigenvalue weighted by atomic mass is 16.6. The van der Waals surface area contributed by atoms with Gasteiger partial charge in [0.15, 0.2) is 17.7 Å². The Bertz CT molecular complexity index is 1170. The van der Waals surface area contributed by atoms with E-state index in [-0.39, 0.29) is 35.1 Å². The van der Waals surface area contributed by atoms with Crippen molar-refractivity contribution in [2.45, 2.75) is 68.9 Å². The van der Waals surface area contributed by atoms with Crippen LogP contribution in [0.3, 0.4) is 0 Å². The minimum absolute atomic E-state index is 0.0302. The largest absolute Gasteiger partial charge is 0.507 e. The number of aromatic hydroxyl groups is 2. The monoisotopic (exact) mass is 444 g/mol. The number of rotatable bonds is 0. The Morgan fingerprint density at radius 3 is 2.31 bits per heavy atom. The summed E-state index contributed by atoms with van der Waals surface area (Å²) in [6.45, 7) is 3.06. The van der Waals surface area contributed by atoms with Gasteiger partial charge in [-0.1, -0.05) is 0 Å². The van der Waals surface area contributed by atoms with Crippen LogP contribution in [0.2, 0.25) is 0 Å². The van der Waals surface area contributed by atoms with E-state index in [4.69, 9.17) is 14.2 Å². The van der Waals surface area contributed by atoms with E-state index < -0.39 is 82.4 Å². The van der Waals surface area contributed by atoms with Crippen LogP contribution in [0.4, 0.5) is 0 Å². The molecule has 0 saturated carbocycles. The SMILES string of the molecule is CC1OC2CC(=O)OC2C2=C1C(=O)c1c(O)c3c(c(O)c1C2=O)C1CC(O)C3(O)C(C)O1. The smallest absolute Gasteiger partial charge is 0.309 e. The summed E-state index contributed by atoms with van der Waals surface area (Å²) in [4.78, 5) is 39.0. The highest BCUT2D eigenvalue weighted by Gasteiger charge is 2.60. The fourth-order valence-electron chi connectivity index (χ4n) is 5.95. The van der Waals surface area contributed by atoms with Gasteiger partial charge in [-0.3, -0.25) is 14.4 Å². The molecule has 6 aliphatic rings. The van der Waals surface area contributed by atoms with Gasteiger partial charge in [0.25, 0.3) is 0 Å². The van der Waals surface area contributed by atoms with Crippen molar-refractivity contribution in [1.29, 1.82) is 0 Å². The molecular weight excluding hydrogens is 424 g/mol. The molecule has 32 heavy (non-hydrogen) atoms. The average Bonchev–Trinajstić information content (AvgIpc) is 3.09. The summed E-state index contributed by atoms with van der Waals surface area (Å²) in [5.74, 6) is -3.38. The molecule has 2 saturated heterocycles. The number of ketones is 2. The van der Waals surface area contributed by atoms with E-state index in [9.17, 15) is 34.8 Å². The summed E-state index contributed by atoms with van der Waals surface area (Å²) in [6.07, 6.45) is -5.98. The lowest BCUT2D eigenvalue weighted by atomic mass is 9.66. The fraction of sp³-hybridized carbons (Fsp3) is 0.500. The van der Waals surface area contributed by atoms with Gasteiger partial charge in [-0.15, -0.1) is 0 Å². The molecule has 7 unspecified atom stereocenters. The van der Waals surface area contributed by atoms with Gasteiger partial charge < -0.3 is 34.6 Å². The summed E-state index contributed by atoms with van der Waals surface area (Å²) >= 11 is 0. The Morgan fingerprint density at radius 1 is 0.969 bits per heavy atom. The van der Waals surface area contributed by atoms with Crippen LogP contribution in [0, 0.1) is 0 Å². The van der Waals surface area contributed by atoms with E-state index in [1.54, 1.807) is 6.92 Å². The predicted molar refractivity (Wildman–Crippen MR) is 102 cm³/mol. The van der Waals surface area contributed by atoms with Crippen LogP contribution in [0.5, 0.6) is 11.5 Å². The van der Waals surface area contributed by atoms with Crippen molar-refractivity contribution in [1.82, 2.24) is 0 Å². The van der Waals surface area contributed by atoms with Crippen LogP contribution < -0.4 is 0 Å². The van der Waals surface area contributed by atoms with Crippen LogP contribution in [0.15, 0.2) is 11.1 Å². The summed E-state index contributed by atoms with van der Waals surface area (Å²) in [5.41, 5.74) is -3.36. The van der Waals surface area contributed by atoms with Gasteiger partial charge in [-0.25, -0.2) is 0 Å². The summed E-state index contributed by atoms with van der Waals surface area (Å²) < 4.78 is 16.7. The third-order valence-electron chi connectivity index (χ3n) is 7.41. The molecule has 0 radical (unpaired) electrons. The zero-order chi connectivity index (χ0) is 22.9. The zero-order valence-electron chi connectivity index (χ0n) is 17.1. The second kappa shape index (κ2) is 5.96. The van der Waals surface area contributed by atoms with Gasteiger partial charge in [0.1, 0.15) is 23.2 Å². The van der Waals surface area contributed by atoms with E-state index in [2.05, 4.69) is 0 Å². The van der Waals surface area contributed by atoms with Crippen molar-refractivity contribution < 1.29 is 49.0 Å². The van der Waals surface area contributed by atoms with Crippen LogP contribution >= 0.6 is 0 Å². The Morgan fingerprint density at radius 2 is 1.62 bits per heavy atom. The number of phenols is 2. The van der Waals surface area contributed by atoms with Gasteiger partial charge in [-0.2, -0.15) is 0 Å². The summed E-state index contributed by atoms with van der Waals surface area (Å²) in [7, 11) is 0. The number of carbonyl (C=O) groups excluding carboxylic acids is 3. The number of aliphatic hydroxyl groups is 2. The molecule has 0 aromatic heterocycles. The predicted octanol–water partition coefficient (Wildman–Crippen LogP) is 0.288. The summed E-state index contributed by atoms with van der Waals surface area (Å²) in [5, 5.41) is 44.1. The molecule has 1 aromatic rings. The number of fused-ring (bicyclic) bond motifs is 5. The first-order valence-corrected chi connectivity index (χ1v) is 10.4. The number of esters is 1. The number of hydrogen-bond acceptors (Lipinski definition) is 10. The van der Waals surface area contributed by atoms with Crippen molar-refractivity contribution in [2.24, 2.45) is 0 Å². The molecule has 0 amide bonds. The van der Waals surface area contributed by atoms with Crippen LogP contribution in [-0.4, -0.2) is 68.5 Å². The van der Waals surface area contributed by atoms with E-state index in [0.717, 1.165) is 0 Å². The van der Waals surface area contributed by atoms with Crippen LogP contribution in [0.1, 0.15) is 64.6 Å². The van der Waals surface area contributed by atoms with Crippen molar-refractivity contribution in [3.05, 3.63) is 33.4 Å². The molecule has 7 rings (SSSR count). The first kappa shape index (κ1) is 19.9. The molecule has 10 heteroatoms. The Hall–Kier alpha value is -2.79. The number of carbonyl (C=O) groups is 3. The quantitative estimate of drug-likeness (QED) is 0.323. The standard InChI is InChI=1S/C22H20O10/c1-5-11-15(21-8(30-5)4-10(24)32-21)19(27)13-14(17(11)25)20(28)16-12(18(13)26)7-3-9(23)22(16,29)6(2)31-7/h5-9,21,23,26,28-29H,3-4H2,1-2H3. The van der Waals surface area contributed by atoms with Gasteiger partial charge in [0.05, 0.1) is 47.5 Å². The van der Waals surface area contributed by atoms with Crippen LogP contribution in [-0.2, 0) is 24.6 Å². The van der Waals surface area contributed by atoms with Gasteiger partial charge in [0, 0.05) is 23.1 Å². The van der Waals surface area contributed by atoms with E-state index in [1.165, 1.54) is 6.92 Å². The molecule has 168 valence electrons. The van der Waals surface area contributed by atoms with E-state index in [1.807, 2.05) is 0 Å². The Labute approximate surface area is 181 Å². The molecule has 4 heterocycles. The summed E-state index contributed by atoms with van der Waals surface area (Å²) in [6, 6.07) is 0. The van der Waals surface area contributed by atoms with Gasteiger partial charge in [-0.05, 0) is 13.8 Å². The van der Waals surface area contributed by atoms with E-state index >= 15 is 0 Å². The maximum atomic E-state index is 13.6. The molecule has 2 aliphatic carbocycles. The number of benzene rings is 1. The second-order valence-electron chi connectivity index (χ2n) is 9.00. The number of aliphatic hydroxyl groups excluding tert-OH is 1. The van der Waals surface area contributed by atoms with Crippen LogP contribution in [0.25, 0.3) is 0 Å². The minimum Gasteiger partial charge on any atom is -0.507 e.